The molecule has 1 aliphatic heterocycles. The van der Waals surface area contributed by atoms with Gasteiger partial charge < -0.3 is 9.47 Å². The molecular weight excluding hydrogens is 368 g/mol. The summed E-state index contributed by atoms with van der Waals surface area (Å²) in [5.74, 6) is 0.706. The summed E-state index contributed by atoms with van der Waals surface area (Å²) < 4.78 is 24.8. The second kappa shape index (κ2) is 7.09. The van der Waals surface area contributed by atoms with E-state index in [4.69, 9.17) is 4.98 Å². The van der Waals surface area contributed by atoms with Gasteiger partial charge in [-0.25, -0.2) is 13.4 Å². The van der Waals surface area contributed by atoms with Crippen LogP contribution in [-0.4, -0.2) is 59.5 Å². The second-order valence-corrected chi connectivity index (χ2v) is 10.2. The highest BCUT2D eigenvalue weighted by atomic mass is 32.2. The van der Waals surface area contributed by atoms with Gasteiger partial charge in [0, 0.05) is 31.1 Å². The van der Waals surface area contributed by atoms with Crippen molar-refractivity contribution >= 4 is 31.5 Å². The smallest absolute Gasteiger partial charge is 0.148 e. The lowest BCUT2D eigenvalue weighted by molar-refractivity contribution is 0.223. The Hall–Kier alpha value is -1.77. The first-order valence-electron chi connectivity index (χ1n) is 8.78. The Labute approximate surface area is 157 Å². The van der Waals surface area contributed by atoms with Gasteiger partial charge in [0.2, 0.25) is 0 Å². The number of sulfone groups is 1. The van der Waals surface area contributed by atoms with Crippen LogP contribution in [0.15, 0.2) is 36.8 Å². The number of thiazole rings is 1. The first kappa shape index (κ1) is 17.6. The summed E-state index contributed by atoms with van der Waals surface area (Å²) in [5.41, 5.74) is 2.08. The topological polar surface area (TPSA) is 68.1 Å². The molecule has 4 rings (SSSR count). The van der Waals surface area contributed by atoms with E-state index in [1.54, 1.807) is 17.5 Å². The van der Waals surface area contributed by atoms with Crippen LogP contribution >= 0.6 is 11.3 Å². The van der Waals surface area contributed by atoms with E-state index in [0.29, 0.717) is 12.5 Å². The van der Waals surface area contributed by atoms with E-state index in [1.165, 1.54) is 11.3 Å². The van der Waals surface area contributed by atoms with Crippen molar-refractivity contribution < 1.29 is 8.42 Å². The second-order valence-electron chi connectivity index (χ2n) is 6.89. The minimum atomic E-state index is -2.89. The zero-order valence-electron chi connectivity index (χ0n) is 14.7. The molecule has 3 aromatic heterocycles. The van der Waals surface area contributed by atoms with E-state index >= 15 is 0 Å². The minimum absolute atomic E-state index is 0.244. The van der Waals surface area contributed by atoms with Gasteiger partial charge in [0.25, 0.3) is 0 Å². The molecule has 26 heavy (non-hydrogen) atoms. The summed E-state index contributed by atoms with van der Waals surface area (Å²) in [6, 6.07) is 6.05. The standard InChI is InChI=1S/C18H22N4O2S2/c1-26(23,24)12-11-21-8-4-14(5-9-21)17-20-16-6-10-22(18(16)25-17)15-3-2-7-19-13-15/h2-3,6-7,10,13-14H,4-5,8-9,11-12H2,1H3. The molecule has 0 spiro atoms. The number of aromatic nitrogens is 3. The lowest BCUT2D eigenvalue weighted by atomic mass is 9.98. The molecule has 0 saturated carbocycles. The van der Waals surface area contributed by atoms with Crippen LogP contribution in [-0.2, 0) is 9.84 Å². The van der Waals surface area contributed by atoms with E-state index < -0.39 is 9.84 Å². The summed E-state index contributed by atoms with van der Waals surface area (Å²) in [4.78, 5) is 12.5. The molecule has 6 nitrogen and oxygen atoms in total. The van der Waals surface area contributed by atoms with Crippen molar-refractivity contribution in [3.63, 3.8) is 0 Å². The molecule has 138 valence electrons. The Morgan fingerprint density at radius 2 is 2.08 bits per heavy atom. The van der Waals surface area contributed by atoms with E-state index in [9.17, 15) is 8.42 Å². The lowest BCUT2D eigenvalue weighted by Gasteiger charge is -2.30. The van der Waals surface area contributed by atoms with Gasteiger partial charge in [0.05, 0.1) is 22.6 Å². The number of fused-ring (bicyclic) bond motifs is 1. The maximum atomic E-state index is 11.3. The summed E-state index contributed by atoms with van der Waals surface area (Å²) in [6.07, 6.45) is 9.06. The van der Waals surface area contributed by atoms with Gasteiger partial charge in [-0.05, 0) is 44.1 Å². The van der Waals surface area contributed by atoms with Gasteiger partial charge in [-0.1, -0.05) is 11.3 Å². The van der Waals surface area contributed by atoms with Crippen LogP contribution in [0.3, 0.4) is 0 Å². The van der Waals surface area contributed by atoms with Gasteiger partial charge in [-0.3, -0.25) is 4.98 Å². The third kappa shape index (κ3) is 3.82. The Kier molecular flexibility index (Phi) is 4.81. The Morgan fingerprint density at radius 1 is 1.27 bits per heavy atom. The van der Waals surface area contributed by atoms with Crippen molar-refractivity contribution in [2.24, 2.45) is 0 Å². The maximum Gasteiger partial charge on any atom is 0.148 e. The Balaban J connectivity index is 1.46. The highest BCUT2D eigenvalue weighted by Crippen LogP contribution is 2.35. The van der Waals surface area contributed by atoms with Gasteiger partial charge >= 0.3 is 0 Å². The SMILES string of the molecule is CS(=O)(=O)CCN1CCC(c2nc3ccn(-c4cccnc4)c3s2)CC1. The van der Waals surface area contributed by atoms with Crippen LogP contribution < -0.4 is 0 Å². The number of likely N-dealkylation sites (tertiary alicyclic amines) is 1. The molecule has 0 aromatic carbocycles. The number of nitrogens with zero attached hydrogens (tertiary/aromatic N) is 4. The van der Waals surface area contributed by atoms with Crippen molar-refractivity contribution in [1.29, 1.82) is 0 Å². The van der Waals surface area contributed by atoms with Crippen molar-refractivity contribution in [2.75, 3.05) is 31.6 Å². The van der Waals surface area contributed by atoms with E-state index in [1.807, 2.05) is 24.5 Å². The predicted molar refractivity (Wildman–Crippen MR) is 105 cm³/mol. The average molecular weight is 391 g/mol. The lowest BCUT2D eigenvalue weighted by Crippen LogP contribution is -2.36. The van der Waals surface area contributed by atoms with E-state index in [2.05, 4.69) is 20.5 Å². The average Bonchev–Trinajstić information content (AvgIpc) is 3.21. The van der Waals surface area contributed by atoms with Gasteiger partial charge in [-0.15, -0.1) is 0 Å². The molecule has 1 saturated heterocycles. The van der Waals surface area contributed by atoms with Gasteiger partial charge in [0.15, 0.2) is 0 Å². The largest absolute Gasteiger partial charge is 0.305 e. The molecule has 0 bridgehead atoms. The van der Waals surface area contributed by atoms with Crippen LogP contribution in [0.1, 0.15) is 23.8 Å². The summed E-state index contributed by atoms with van der Waals surface area (Å²) in [5, 5.41) is 1.19. The molecule has 0 unspecified atom stereocenters. The number of pyridine rings is 1. The summed E-state index contributed by atoms with van der Waals surface area (Å²) in [6.45, 7) is 2.51. The van der Waals surface area contributed by atoms with Crippen molar-refractivity contribution in [3.05, 3.63) is 41.8 Å². The summed E-state index contributed by atoms with van der Waals surface area (Å²) >= 11 is 1.76. The molecule has 0 amide bonds. The predicted octanol–water partition coefficient (Wildman–Crippen LogP) is 2.71. The fourth-order valence-electron chi connectivity index (χ4n) is 3.41. The van der Waals surface area contributed by atoms with Crippen LogP contribution in [0.25, 0.3) is 16.0 Å². The molecule has 0 N–H and O–H groups in total. The van der Waals surface area contributed by atoms with Gasteiger partial charge in [0.1, 0.15) is 20.2 Å². The fraction of sp³-hybridized carbons (Fsp3) is 0.444. The van der Waals surface area contributed by atoms with Crippen molar-refractivity contribution in [3.8, 4) is 5.69 Å². The third-order valence-corrected chi connectivity index (χ3v) is 7.05. The third-order valence-electron chi connectivity index (χ3n) is 4.89. The zero-order valence-corrected chi connectivity index (χ0v) is 16.3. The Morgan fingerprint density at radius 3 is 2.77 bits per heavy atom. The van der Waals surface area contributed by atoms with Crippen molar-refractivity contribution in [1.82, 2.24) is 19.4 Å². The first-order chi connectivity index (χ1) is 12.5. The molecule has 0 atom stereocenters. The molecule has 8 heteroatoms. The maximum absolute atomic E-state index is 11.3. The molecular formula is C18H22N4O2S2. The van der Waals surface area contributed by atoms with Crippen LogP contribution in [0, 0.1) is 0 Å². The normalized spacial score (nSPS) is 17.1. The Bertz CT molecular complexity index is 987. The highest BCUT2D eigenvalue weighted by Gasteiger charge is 2.24. The number of rotatable bonds is 5. The van der Waals surface area contributed by atoms with Crippen molar-refractivity contribution in [2.45, 2.75) is 18.8 Å². The monoisotopic (exact) mass is 390 g/mol. The van der Waals surface area contributed by atoms with E-state index in [-0.39, 0.29) is 5.75 Å². The highest BCUT2D eigenvalue weighted by molar-refractivity contribution is 7.90. The zero-order chi connectivity index (χ0) is 18.1. The first-order valence-corrected chi connectivity index (χ1v) is 11.7. The van der Waals surface area contributed by atoms with Crippen LogP contribution in [0.5, 0.6) is 0 Å². The molecule has 4 heterocycles. The molecule has 1 aliphatic rings. The number of piperidine rings is 1. The number of hydrogen-bond acceptors (Lipinski definition) is 6. The summed E-state index contributed by atoms with van der Waals surface area (Å²) in [7, 11) is -2.89. The fourth-order valence-corrected chi connectivity index (χ4v) is 5.22. The van der Waals surface area contributed by atoms with Crippen LogP contribution in [0.2, 0.25) is 0 Å². The van der Waals surface area contributed by atoms with E-state index in [0.717, 1.165) is 42.0 Å². The van der Waals surface area contributed by atoms with Gasteiger partial charge in [-0.2, -0.15) is 0 Å². The number of hydrogen-bond donors (Lipinski definition) is 0. The van der Waals surface area contributed by atoms with Crippen LogP contribution in [0.4, 0.5) is 0 Å². The molecule has 1 fully saturated rings. The molecule has 0 radical (unpaired) electrons. The minimum Gasteiger partial charge on any atom is -0.305 e. The quantitative estimate of drug-likeness (QED) is 0.670. The molecule has 0 aliphatic carbocycles. The molecule has 3 aromatic rings.